The summed E-state index contributed by atoms with van der Waals surface area (Å²) in [6.45, 7) is 3.39. The molecule has 0 N–H and O–H groups in total. The van der Waals surface area contributed by atoms with E-state index in [0.29, 0.717) is 17.1 Å². The van der Waals surface area contributed by atoms with E-state index in [0.717, 1.165) is 0 Å². The average Bonchev–Trinajstić information content (AvgIpc) is 2.18. The summed E-state index contributed by atoms with van der Waals surface area (Å²) in [4.78, 5) is 0. The van der Waals surface area contributed by atoms with Gasteiger partial charge in [0.2, 0.25) is 0 Å². The molecule has 1 heterocycles. The second-order valence-electron chi connectivity index (χ2n) is 3.98. The monoisotopic (exact) mass is 208 g/mol. The lowest BCUT2D eigenvalue weighted by molar-refractivity contribution is 0.118. The highest BCUT2D eigenvalue weighted by atomic mass is 19.1. The molecule has 0 unspecified atom stereocenters. The molecule has 1 aromatic rings. The van der Waals surface area contributed by atoms with Crippen LogP contribution in [0.1, 0.15) is 19.4 Å². The number of fused-ring (bicyclic) bond motifs is 1. The molecule has 0 radical (unpaired) electrons. The van der Waals surface area contributed by atoms with Gasteiger partial charge in [0.1, 0.15) is 17.3 Å². The Balaban J connectivity index is 2.57. The van der Waals surface area contributed by atoms with Crippen molar-refractivity contribution in [2.45, 2.75) is 19.4 Å². The highest BCUT2D eigenvalue weighted by Crippen LogP contribution is 2.40. The van der Waals surface area contributed by atoms with Crippen molar-refractivity contribution in [1.82, 2.24) is 0 Å². The minimum atomic E-state index is -0.890. The Kier molecular flexibility index (Phi) is 2.18. The molecule has 0 atom stereocenters. The van der Waals surface area contributed by atoms with Gasteiger partial charge in [-0.05, 0) is 32.1 Å². The van der Waals surface area contributed by atoms with Crippen LogP contribution in [0.15, 0.2) is 24.0 Å². The largest absolute Gasteiger partial charge is 0.496 e. The number of ether oxygens (including phenoxy) is 2. The van der Waals surface area contributed by atoms with Gasteiger partial charge >= 0.3 is 0 Å². The minimum Gasteiger partial charge on any atom is -0.496 e. The van der Waals surface area contributed by atoms with E-state index in [4.69, 9.17) is 9.47 Å². The van der Waals surface area contributed by atoms with Crippen molar-refractivity contribution in [2.24, 2.45) is 0 Å². The lowest BCUT2D eigenvalue weighted by atomic mass is 10.0. The summed E-state index contributed by atoms with van der Waals surface area (Å²) < 4.78 is 24.3. The highest BCUT2D eigenvalue weighted by molar-refractivity contribution is 5.68. The van der Waals surface area contributed by atoms with Gasteiger partial charge in [0, 0.05) is 0 Å². The summed E-state index contributed by atoms with van der Waals surface area (Å²) in [6, 6.07) is 5.41. The number of benzene rings is 1. The third-order valence-electron chi connectivity index (χ3n) is 2.46. The van der Waals surface area contributed by atoms with E-state index >= 15 is 0 Å². The summed E-state index contributed by atoms with van der Waals surface area (Å²) in [5.41, 5.74) is -0.226. The quantitative estimate of drug-likeness (QED) is 0.705. The average molecular weight is 208 g/mol. The zero-order valence-electron chi connectivity index (χ0n) is 9.00. The van der Waals surface area contributed by atoms with Crippen molar-refractivity contribution in [2.75, 3.05) is 7.11 Å². The third kappa shape index (κ3) is 1.58. The van der Waals surface area contributed by atoms with E-state index in [1.165, 1.54) is 6.08 Å². The van der Waals surface area contributed by atoms with Gasteiger partial charge in [-0.25, -0.2) is 4.39 Å². The summed E-state index contributed by atoms with van der Waals surface area (Å²) in [6.07, 6.45) is 1.47. The lowest BCUT2D eigenvalue weighted by Crippen LogP contribution is -2.31. The number of rotatable bonds is 1. The van der Waals surface area contributed by atoms with Crippen LogP contribution in [-0.4, -0.2) is 12.7 Å². The van der Waals surface area contributed by atoms with E-state index in [1.807, 2.05) is 12.1 Å². The predicted molar refractivity (Wildman–Crippen MR) is 56.8 cm³/mol. The van der Waals surface area contributed by atoms with Gasteiger partial charge in [-0.3, -0.25) is 0 Å². The fraction of sp³-hybridized carbons (Fsp3) is 0.333. The van der Waals surface area contributed by atoms with Crippen molar-refractivity contribution < 1.29 is 13.9 Å². The zero-order chi connectivity index (χ0) is 11.1. The Bertz CT molecular complexity index is 422. The lowest BCUT2D eigenvalue weighted by Gasteiger charge is -2.30. The SMILES string of the molecule is COc1cccc2c1C=C(F)C(C)(C)O2. The molecule has 0 saturated carbocycles. The van der Waals surface area contributed by atoms with Crippen molar-refractivity contribution in [1.29, 1.82) is 0 Å². The Morgan fingerprint density at radius 1 is 1.33 bits per heavy atom. The van der Waals surface area contributed by atoms with Crippen LogP contribution in [0.2, 0.25) is 0 Å². The van der Waals surface area contributed by atoms with E-state index in [2.05, 4.69) is 0 Å². The molecule has 0 aromatic heterocycles. The maximum atomic E-state index is 13.6. The van der Waals surface area contributed by atoms with E-state index in [9.17, 15) is 4.39 Å². The van der Waals surface area contributed by atoms with Gasteiger partial charge in [0.15, 0.2) is 5.60 Å². The molecule has 1 aliphatic rings. The maximum absolute atomic E-state index is 13.6. The smallest absolute Gasteiger partial charge is 0.154 e. The Morgan fingerprint density at radius 3 is 2.73 bits per heavy atom. The normalized spacial score (nSPS) is 17.5. The summed E-state index contributed by atoms with van der Waals surface area (Å²) in [5.74, 6) is 0.985. The number of methoxy groups -OCH3 is 1. The first-order valence-corrected chi connectivity index (χ1v) is 4.78. The number of hydrogen-bond donors (Lipinski definition) is 0. The van der Waals surface area contributed by atoms with Crippen LogP contribution in [-0.2, 0) is 0 Å². The molecule has 15 heavy (non-hydrogen) atoms. The van der Waals surface area contributed by atoms with Crippen LogP contribution in [0, 0.1) is 0 Å². The molecule has 3 heteroatoms. The van der Waals surface area contributed by atoms with Crippen molar-refractivity contribution in [3.63, 3.8) is 0 Å². The second kappa shape index (κ2) is 3.26. The van der Waals surface area contributed by atoms with Crippen molar-refractivity contribution >= 4 is 6.08 Å². The Morgan fingerprint density at radius 2 is 2.07 bits per heavy atom. The van der Waals surface area contributed by atoms with Gasteiger partial charge in [-0.15, -0.1) is 0 Å². The van der Waals surface area contributed by atoms with E-state index < -0.39 is 5.60 Å². The topological polar surface area (TPSA) is 18.5 Å². The van der Waals surface area contributed by atoms with Gasteiger partial charge in [0.05, 0.1) is 12.7 Å². The molecule has 1 aromatic carbocycles. The molecule has 0 amide bonds. The highest BCUT2D eigenvalue weighted by Gasteiger charge is 2.31. The molecule has 1 aliphatic heterocycles. The maximum Gasteiger partial charge on any atom is 0.154 e. The first-order valence-electron chi connectivity index (χ1n) is 4.78. The fourth-order valence-electron chi connectivity index (χ4n) is 1.56. The first-order chi connectivity index (χ1) is 7.04. The van der Waals surface area contributed by atoms with Gasteiger partial charge in [0.25, 0.3) is 0 Å². The molecule has 0 spiro atoms. The fourth-order valence-corrected chi connectivity index (χ4v) is 1.56. The second-order valence-corrected chi connectivity index (χ2v) is 3.98. The van der Waals surface area contributed by atoms with Crippen LogP contribution in [0.25, 0.3) is 6.08 Å². The van der Waals surface area contributed by atoms with Crippen LogP contribution in [0.3, 0.4) is 0 Å². The van der Waals surface area contributed by atoms with Gasteiger partial charge < -0.3 is 9.47 Å². The van der Waals surface area contributed by atoms with Crippen molar-refractivity contribution in [3.05, 3.63) is 29.6 Å². The molecule has 2 nitrogen and oxygen atoms in total. The van der Waals surface area contributed by atoms with Gasteiger partial charge in [-0.2, -0.15) is 0 Å². The van der Waals surface area contributed by atoms with E-state index in [-0.39, 0.29) is 5.83 Å². The molecule has 80 valence electrons. The Hall–Kier alpha value is -1.51. The van der Waals surface area contributed by atoms with Crippen LogP contribution in [0.4, 0.5) is 4.39 Å². The van der Waals surface area contributed by atoms with Crippen molar-refractivity contribution in [3.8, 4) is 11.5 Å². The molecule has 2 rings (SSSR count). The molecule has 0 bridgehead atoms. The summed E-state index contributed by atoms with van der Waals surface area (Å²) >= 11 is 0. The zero-order valence-corrected chi connectivity index (χ0v) is 9.00. The number of hydrogen-bond acceptors (Lipinski definition) is 2. The predicted octanol–water partition coefficient (Wildman–Crippen LogP) is 3.18. The van der Waals surface area contributed by atoms with Gasteiger partial charge in [-0.1, -0.05) is 6.07 Å². The molecule has 0 saturated heterocycles. The summed E-state index contributed by atoms with van der Waals surface area (Å²) in [5, 5.41) is 0. The third-order valence-corrected chi connectivity index (χ3v) is 2.46. The summed E-state index contributed by atoms with van der Waals surface area (Å²) in [7, 11) is 1.56. The van der Waals surface area contributed by atoms with E-state index in [1.54, 1.807) is 27.0 Å². The number of halogens is 1. The Labute approximate surface area is 88.3 Å². The first kappa shape index (κ1) is 10.0. The minimum absolute atomic E-state index is 0.292. The van der Waals surface area contributed by atoms with Crippen LogP contribution < -0.4 is 9.47 Å². The van der Waals surface area contributed by atoms with Crippen LogP contribution in [0.5, 0.6) is 11.5 Å². The van der Waals surface area contributed by atoms with Crippen LogP contribution >= 0.6 is 0 Å². The molecule has 0 fully saturated rings. The molecular formula is C12H13FO2. The molecule has 0 aliphatic carbocycles. The molecular weight excluding hydrogens is 195 g/mol. The standard InChI is InChI=1S/C12H13FO2/c1-12(2)11(13)7-8-9(14-3)5-4-6-10(8)15-12/h4-7H,1-3H3.